The molecule has 0 aliphatic carbocycles. The van der Waals surface area contributed by atoms with Gasteiger partial charge in [0.2, 0.25) is 11.8 Å². The molecule has 9 heteroatoms. The van der Waals surface area contributed by atoms with E-state index in [1.54, 1.807) is 24.3 Å². The lowest BCUT2D eigenvalue weighted by atomic mass is 10.1. The molecular formula is C18H13ClFN3O3S. The quantitative estimate of drug-likeness (QED) is 0.481. The summed E-state index contributed by atoms with van der Waals surface area (Å²) in [5, 5.41) is 11.0. The van der Waals surface area contributed by atoms with Crippen LogP contribution in [0.4, 0.5) is 10.1 Å². The van der Waals surface area contributed by atoms with Gasteiger partial charge < -0.3 is 9.73 Å². The number of nitrogens with one attached hydrogen (secondary N) is 1. The van der Waals surface area contributed by atoms with Crippen LogP contribution in [0.2, 0.25) is 5.02 Å². The second kappa shape index (κ2) is 8.32. The van der Waals surface area contributed by atoms with Crippen LogP contribution in [-0.2, 0) is 4.79 Å². The van der Waals surface area contributed by atoms with Gasteiger partial charge in [0.1, 0.15) is 5.82 Å². The van der Waals surface area contributed by atoms with E-state index in [4.69, 9.17) is 16.0 Å². The molecule has 1 amide bonds. The average molecular weight is 406 g/mol. The van der Waals surface area contributed by atoms with Crippen molar-refractivity contribution in [2.24, 2.45) is 0 Å². The van der Waals surface area contributed by atoms with E-state index < -0.39 is 11.6 Å². The van der Waals surface area contributed by atoms with E-state index in [2.05, 4.69) is 15.5 Å². The largest absolute Gasteiger partial charge is 0.411 e. The molecule has 1 N–H and O–H groups in total. The predicted molar refractivity (Wildman–Crippen MR) is 101 cm³/mol. The van der Waals surface area contributed by atoms with Gasteiger partial charge in [0.05, 0.1) is 11.3 Å². The molecule has 6 nitrogen and oxygen atoms in total. The molecular weight excluding hydrogens is 393 g/mol. The van der Waals surface area contributed by atoms with Crippen molar-refractivity contribution in [2.75, 3.05) is 11.1 Å². The second-order valence-electron chi connectivity index (χ2n) is 5.47. The average Bonchev–Trinajstić information content (AvgIpc) is 3.09. The van der Waals surface area contributed by atoms with Gasteiger partial charge in [0, 0.05) is 23.2 Å². The minimum Gasteiger partial charge on any atom is -0.411 e. The van der Waals surface area contributed by atoms with Crippen LogP contribution in [0.1, 0.15) is 17.3 Å². The Morgan fingerprint density at radius 2 is 1.93 bits per heavy atom. The first-order valence-corrected chi connectivity index (χ1v) is 9.11. The molecule has 1 heterocycles. The standard InChI is InChI=1S/C18H13ClFN3O3S/c1-10(24)21-13-6-7-14(15(20)8-13)16(25)9-27-18-23-22-17(26-18)11-2-4-12(19)5-3-11/h2-8H,9H2,1H3,(H,21,24). The van der Waals surface area contributed by atoms with Crippen LogP contribution in [0.5, 0.6) is 0 Å². The number of amides is 1. The first-order valence-electron chi connectivity index (χ1n) is 7.75. The van der Waals surface area contributed by atoms with Crippen molar-refractivity contribution in [3.8, 4) is 11.5 Å². The summed E-state index contributed by atoms with van der Waals surface area (Å²) in [6, 6.07) is 10.8. The van der Waals surface area contributed by atoms with Crippen LogP contribution in [0.3, 0.4) is 0 Å². The van der Waals surface area contributed by atoms with E-state index in [1.165, 1.54) is 19.1 Å². The van der Waals surface area contributed by atoms with Crippen molar-refractivity contribution >= 4 is 40.7 Å². The molecule has 0 aliphatic rings. The highest BCUT2D eigenvalue weighted by atomic mass is 35.5. The van der Waals surface area contributed by atoms with Crippen LogP contribution in [0.25, 0.3) is 11.5 Å². The minimum atomic E-state index is -0.709. The highest BCUT2D eigenvalue weighted by Gasteiger charge is 2.16. The summed E-state index contributed by atoms with van der Waals surface area (Å²) in [6.07, 6.45) is 0. The van der Waals surface area contributed by atoms with E-state index >= 15 is 0 Å². The Hall–Kier alpha value is -2.71. The topological polar surface area (TPSA) is 85.1 Å². The number of ketones is 1. The first-order chi connectivity index (χ1) is 12.9. The van der Waals surface area contributed by atoms with E-state index in [9.17, 15) is 14.0 Å². The number of halogens is 2. The van der Waals surface area contributed by atoms with Gasteiger partial charge in [-0.2, -0.15) is 0 Å². The van der Waals surface area contributed by atoms with Gasteiger partial charge in [-0.3, -0.25) is 9.59 Å². The third-order valence-electron chi connectivity index (χ3n) is 3.41. The van der Waals surface area contributed by atoms with E-state index in [0.717, 1.165) is 17.8 Å². The number of carbonyl (C=O) groups excluding carboxylic acids is 2. The second-order valence-corrected chi connectivity index (χ2v) is 6.83. The Labute approximate surface area is 163 Å². The Bertz CT molecular complexity index is 992. The molecule has 0 bridgehead atoms. The molecule has 0 unspecified atom stereocenters. The number of Topliss-reactive ketones (excluding diaryl/α,β-unsaturated/α-hetero) is 1. The van der Waals surface area contributed by atoms with Gasteiger partial charge in [0.15, 0.2) is 5.78 Å². The van der Waals surface area contributed by atoms with Gasteiger partial charge in [-0.25, -0.2) is 4.39 Å². The van der Waals surface area contributed by atoms with E-state index in [1.807, 2.05) is 0 Å². The highest BCUT2D eigenvalue weighted by Crippen LogP contribution is 2.25. The maximum absolute atomic E-state index is 14.1. The zero-order valence-electron chi connectivity index (χ0n) is 14.0. The lowest BCUT2D eigenvalue weighted by Crippen LogP contribution is -2.09. The number of thioether (sulfide) groups is 1. The zero-order valence-corrected chi connectivity index (χ0v) is 15.6. The van der Waals surface area contributed by atoms with Gasteiger partial charge in [-0.15, -0.1) is 10.2 Å². The molecule has 0 fully saturated rings. The Kier molecular flexibility index (Phi) is 5.88. The molecule has 0 saturated carbocycles. The molecule has 2 aromatic carbocycles. The highest BCUT2D eigenvalue weighted by molar-refractivity contribution is 7.99. The normalized spacial score (nSPS) is 10.6. The number of aromatic nitrogens is 2. The van der Waals surface area contributed by atoms with Gasteiger partial charge in [-0.05, 0) is 42.5 Å². The summed E-state index contributed by atoms with van der Waals surface area (Å²) in [6.45, 7) is 1.32. The van der Waals surface area contributed by atoms with E-state index in [0.29, 0.717) is 16.5 Å². The van der Waals surface area contributed by atoms with Gasteiger partial charge in [-0.1, -0.05) is 23.4 Å². The summed E-state index contributed by atoms with van der Waals surface area (Å²) in [7, 11) is 0. The molecule has 3 aromatic rings. The number of rotatable bonds is 6. The Morgan fingerprint density at radius 3 is 2.59 bits per heavy atom. The van der Waals surface area contributed by atoms with Crippen LogP contribution < -0.4 is 5.32 Å². The van der Waals surface area contributed by atoms with Crippen LogP contribution >= 0.6 is 23.4 Å². The number of nitrogens with zero attached hydrogens (tertiary/aromatic N) is 2. The van der Waals surface area contributed by atoms with Crippen molar-refractivity contribution in [1.82, 2.24) is 10.2 Å². The van der Waals surface area contributed by atoms with Crippen molar-refractivity contribution in [1.29, 1.82) is 0 Å². The summed E-state index contributed by atoms with van der Waals surface area (Å²) in [4.78, 5) is 23.2. The van der Waals surface area contributed by atoms with Gasteiger partial charge >= 0.3 is 0 Å². The number of carbonyl (C=O) groups is 2. The van der Waals surface area contributed by atoms with Crippen molar-refractivity contribution in [2.45, 2.75) is 12.1 Å². The summed E-state index contributed by atoms with van der Waals surface area (Å²) in [5.41, 5.74) is 0.910. The zero-order chi connectivity index (χ0) is 19.4. The number of benzene rings is 2. The predicted octanol–water partition coefficient (Wildman–Crippen LogP) is 4.46. The number of anilines is 1. The fourth-order valence-corrected chi connectivity index (χ4v) is 2.98. The molecule has 0 spiro atoms. The fourth-order valence-electron chi connectivity index (χ4n) is 2.20. The third-order valence-corrected chi connectivity index (χ3v) is 4.48. The number of hydrogen-bond acceptors (Lipinski definition) is 6. The van der Waals surface area contributed by atoms with Crippen LogP contribution in [0, 0.1) is 5.82 Å². The summed E-state index contributed by atoms with van der Waals surface area (Å²) in [5.74, 6) is -1.24. The van der Waals surface area contributed by atoms with Crippen molar-refractivity contribution in [3.63, 3.8) is 0 Å². The monoisotopic (exact) mass is 405 g/mol. The molecule has 0 saturated heterocycles. The molecule has 27 heavy (non-hydrogen) atoms. The molecule has 0 atom stereocenters. The van der Waals surface area contributed by atoms with Crippen LogP contribution in [0.15, 0.2) is 52.1 Å². The third kappa shape index (κ3) is 4.93. The fraction of sp³-hybridized carbons (Fsp3) is 0.111. The maximum Gasteiger partial charge on any atom is 0.277 e. The van der Waals surface area contributed by atoms with Gasteiger partial charge in [0.25, 0.3) is 5.22 Å². The summed E-state index contributed by atoms with van der Waals surface area (Å²) >= 11 is 6.85. The Morgan fingerprint density at radius 1 is 1.19 bits per heavy atom. The lowest BCUT2D eigenvalue weighted by Gasteiger charge is -2.05. The Balaban J connectivity index is 1.64. The van der Waals surface area contributed by atoms with Crippen molar-refractivity contribution in [3.05, 3.63) is 58.9 Å². The van der Waals surface area contributed by atoms with E-state index in [-0.39, 0.29) is 28.1 Å². The summed E-state index contributed by atoms with van der Waals surface area (Å²) < 4.78 is 19.6. The molecule has 3 rings (SSSR count). The first kappa shape index (κ1) is 19.1. The lowest BCUT2D eigenvalue weighted by molar-refractivity contribution is -0.114. The smallest absolute Gasteiger partial charge is 0.277 e. The van der Waals surface area contributed by atoms with Crippen molar-refractivity contribution < 1.29 is 18.4 Å². The number of hydrogen-bond donors (Lipinski definition) is 1. The molecule has 138 valence electrons. The SMILES string of the molecule is CC(=O)Nc1ccc(C(=O)CSc2nnc(-c3ccc(Cl)cc3)o2)c(F)c1. The van der Waals surface area contributed by atoms with Crippen LogP contribution in [-0.4, -0.2) is 27.6 Å². The minimum absolute atomic E-state index is 0.0708. The maximum atomic E-state index is 14.1. The molecule has 1 aromatic heterocycles. The molecule has 0 radical (unpaired) electrons. The molecule has 0 aliphatic heterocycles.